The fourth-order valence-electron chi connectivity index (χ4n) is 3.70. The molecule has 0 fully saturated rings. The molecule has 0 atom stereocenters. The SMILES string of the molecule is CCCCc1ccc(O)c2sc3nc(COC)n(Cc4ccccc4)c(=O)c3c12. The van der Waals surface area contributed by atoms with Gasteiger partial charge in [-0.05, 0) is 30.0 Å². The van der Waals surface area contributed by atoms with E-state index in [9.17, 15) is 9.90 Å². The van der Waals surface area contributed by atoms with Gasteiger partial charge in [-0.25, -0.2) is 4.98 Å². The standard InChI is InChI=1S/C23H24N2O3S/c1-3-4-10-16-11-12-17(26)21-19(16)20-22(29-21)24-18(14-28-2)25(23(20)27)13-15-8-6-5-7-9-15/h5-9,11-12,26H,3-4,10,13-14H2,1-2H3. The molecule has 0 amide bonds. The average Bonchev–Trinajstić information content (AvgIpc) is 3.12. The zero-order chi connectivity index (χ0) is 20.4. The van der Waals surface area contributed by atoms with Gasteiger partial charge in [-0.1, -0.05) is 49.7 Å². The van der Waals surface area contributed by atoms with E-state index in [1.807, 2.05) is 36.4 Å². The predicted octanol–water partition coefficient (Wildman–Crippen LogP) is 4.85. The molecule has 29 heavy (non-hydrogen) atoms. The van der Waals surface area contributed by atoms with Crippen LogP contribution in [0.2, 0.25) is 0 Å². The van der Waals surface area contributed by atoms with Gasteiger partial charge < -0.3 is 9.84 Å². The molecular weight excluding hydrogens is 384 g/mol. The van der Waals surface area contributed by atoms with Crippen molar-refractivity contribution in [3.8, 4) is 5.75 Å². The zero-order valence-electron chi connectivity index (χ0n) is 16.6. The summed E-state index contributed by atoms with van der Waals surface area (Å²) in [6.07, 6.45) is 2.97. The van der Waals surface area contributed by atoms with Gasteiger partial charge in [0.2, 0.25) is 0 Å². The molecule has 4 aromatic rings. The van der Waals surface area contributed by atoms with Crippen LogP contribution >= 0.6 is 11.3 Å². The number of methoxy groups -OCH3 is 1. The molecule has 2 heterocycles. The third kappa shape index (κ3) is 3.66. The first-order chi connectivity index (χ1) is 14.1. The number of phenolic OH excluding ortho intramolecular Hbond substituents is 1. The van der Waals surface area contributed by atoms with Crippen LogP contribution in [0.3, 0.4) is 0 Å². The van der Waals surface area contributed by atoms with Crippen LogP contribution in [0.1, 0.15) is 36.7 Å². The molecule has 2 aromatic heterocycles. The number of aryl methyl sites for hydroxylation is 1. The van der Waals surface area contributed by atoms with Crippen molar-refractivity contribution in [2.24, 2.45) is 0 Å². The summed E-state index contributed by atoms with van der Waals surface area (Å²) in [7, 11) is 1.60. The third-order valence-electron chi connectivity index (χ3n) is 5.14. The van der Waals surface area contributed by atoms with Crippen molar-refractivity contribution >= 4 is 31.6 Å². The van der Waals surface area contributed by atoms with E-state index in [0.29, 0.717) is 22.6 Å². The molecule has 0 saturated carbocycles. The molecular formula is C23H24N2O3S. The van der Waals surface area contributed by atoms with Gasteiger partial charge in [-0.3, -0.25) is 9.36 Å². The van der Waals surface area contributed by atoms with E-state index in [-0.39, 0.29) is 17.9 Å². The van der Waals surface area contributed by atoms with Gasteiger partial charge in [0.25, 0.3) is 5.56 Å². The third-order valence-corrected chi connectivity index (χ3v) is 6.25. The van der Waals surface area contributed by atoms with Gasteiger partial charge in [0.15, 0.2) is 0 Å². The normalized spacial score (nSPS) is 11.5. The Bertz CT molecular complexity index is 1210. The number of hydrogen-bond donors (Lipinski definition) is 1. The van der Waals surface area contributed by atoms with Gasteiger partial charge in [0, 0.05) is 12.5 Å². The highest BCUT2D eigenvalue weighted by atomic mass is 32.1. The Balaban J connectivity index is 2.00. The predicted molar refractivity (Wildman–Crippen MR) is 118 cm³/mol. The average molecular weight is 409 g/mol. The van der Waals surface area contributed by atoms with E-state index in [0.717, 1.165) is 40.5 Å². The van der Waals surface area contributed by atoms with Crippen molar-refractivity contribution in [3.63, 3.8) is 0 Å². The molecule has 150 valence electrons. The van der Waals surface area contributed by atoms with Gasteiger partial charge in [0.05, 0.1) is 16.6 Å². The van der Waals surface area contributed by atoms with Crippen molar-refractivity contribution < 1.29 is 9.84 Å². The highest BCUT2D eigenvalue weighted by Crippen LogP contribution is 2.39. The Kier molecular flexibility index (Phi) is 5.65. The molecule has 0 aliphatic carbocycles. The summed E-state index contributed by atoms with van der Waals surface area (Å²) in [6.45, 7) is 2.83. The Morgan fingerprint density at radius 1 is 1.14 bits per heavy atom. The fraction of sp³-hybridized carbons (Fsp3) is 0.304. The number of ether oxygens (including phenoxy) is 1. The van der Waals surface area contributed by atoms with Crippen LogP contribution in [0, 0.1) is 0 Å². The second-order valence-corrected chi connectivity index (χ2v) is 8.17. The number of aromatic nitrogens is 2. The quantitative estimate of drug-likeness (QED) is 0.475. The first-order valence-corrected chi connectivity index (χ1v) is 10.6. The van der Waals surface area contributed by atoms with Crippen LogP contribution in [0.5, 0.6) is 5.75 Å². The minimum atomic E-state index is -0.0829. The highest BCUT2D eigenvalue weighted by molar-refractivity contribution is 7.25. The van der Waals surface area contributed by atoms with Crippen molar-refractivity contribution in [2.45, 2.75) is 39.3 Å². The second-order valence-electron chi connectivity index (χ2n) is 7.17. The number of fused-ring (bicyclic) bond motifs is 3. The maximum atomic E-state index is 13.6. The van der Waals surface area contributed by atoms with Gasteiger partial charge in [0.1, 0.15) is 23.0 Å². The van der Waals surface area contributed by atoms with Crippen LogP contribution in [-0.4, -0.2) is 21.8 Å². The van der Waals surface area contributed by atoms with Gasteiger partial charge in [-0.2, -0.15) is 0 Å². The molecule has 0 unspecified atom stereocenters. The minimum Gasteiger partial charge on any atom is -0.506 e. The van der Waals surface area contributed by atoms with E-state index < -0.39 is 0 Å². The van der Waals surface area contributed by atoms with Crippen LogP contribution in [-0.2, 0) is 24.3 Å². The Morgan fingerprint density at radius 3 is 2.66 bits per heavy atom. The van der Waals surface area contributed by atoms with Crippen LogP contribution in [0.15, 0.2) is 47.3 Å². The number of benzene rings is 2. The highest BCUT2D eigenvalue weighted by Gasteiger charge is 2.20. The van der Waals surface area contributed by atoms with Crippen molar-refractivity contribution in [1.29, 1.82) is 0 Å². The Labute approximate surface area is 173 Å². The zero-order valence-corrected chi connectivity index (χ0v) is 17.5. The lowest BCUT2D eigenvalue weighted by atomic mass is 10.0. The van der Waals surface area contributed by atoms with Crippen LogP contribution < -0.4 is 5.56 Å². The van der Waals surface area contributed by atoms with E-state index in [4.69, 9.17) is 9.72 Å². The van der Waals surface area contributed by atoms with Crippen LogP contribution in [0.4, 0.5) is 0 Å². The summed E-state index contributed by atoms with van der Waals surface area (Å²) in [5, 5.41) is 11.9. The molecule has 0 bridgehead atoms. The molecule has 0 radical (unpaired) electrons. The van der Waals surface area contributed by atoms with Gasteiger partial charge >= 0.3 is 0 Å². The lowest BCUT2D eigenvalue weighted by Gasteiger charge is -2.12. The van der Waals surface area contributed by atoms with Gasteiger partial charge in [-0.15, -0.1) is 11.3 Å². The summed E-state index contributed by atoms with van der Waals surface area (Å²) in [6, 6.07) is 13.5. The van der Waals surface area contributed by atoms with E-state index >= 15 is 0 Å². The molecule has 0 spiro atoms. The number of nitrogens with zero attached hydrogens (tertiary/aromatic N) is 2. The number of rotatable bonds is 7. The molecule has 0 aliphatic heterocycles. The summed E-state index contributed by atoms with van der Waals surface area (Å²) in [5.74, 6) is 0.792. The lowest BCUT2D eigenvalue weighted by Crippen LogP contribution is -2.26. The number of thiophene rings is 1. The summed E-state index contributed by atoms with van der Waals surface area (Å²) in [4.78, 5) is 19.1. The Hall–Kier alpha value is -2.70. The summed E-state index contributed by atoms with van der Waals surface area (Å²) in [5.41, 5.74) is 2.04. The van der Waals surface area contributed by atoms with Crippen molar-refractivity contribution in [1.82, 2.24) is 9.55 Å². The molecule has 5 nitrogen and oxygen atoms in total. The topological polar surface area (TPSA) is 64.4 Å². The summed E-state index contributed by atoms with van der Waals surface area (Å²) >= 11 is 1.38. The number of hydrogen-bond acceptors (Lipinski definition) is 5. The monoisotopic (exact) mass is 408 g/mol. The van der Waals surface area contributed by atoms with E-state index in [1.165, 1.54) is 11.3 Å². The lowest BCUT2D eigenvalue weighted by molar-refractivity contribution is 0.173. The fourth-order valence-corrected chi connectivity index (χ4v) is 4.84. The molecule has 2 aromatic carbocycles. The molecule has 6 heteroatoms. The van der Waals surface area contributed by atoms with Crippen molar-refractivity contribution in [3.05, 3.63) is 69.8 Å². The van der Waals surface area contributed by atoms with E-state index in [2.05, 4.69) is 6.92 Å². The first kappa shape index (κ1) is 19.6. The Morgan fingerprint density at radius 2 is 1.93 bits per heavy atom. The molecule has 0 saturated heterocycles. The maximum absolute atomic E-state index is 13.6. The number of phenols is 1. The van der Waals surface area contributed by atoms with Crippen molar-refractivity contribution in [2.75, 3.05) is 7.11 Å². The largest absolute Gasteiger partial charge is 0.506 e. The smallest absolute Gasteiger partial charge is 0.263 e. The maximum Gasteiger partial charge on any atom is 0.263 e. The molecule has 4 rings (SSSR count). The van der Waals surface area contributed by atoms with Crippen LogP contribution in [0.25, 0.3) is 20.3 Å². The van der Waals surface area contributed by atoms with E-state index in [1.54, 1.807) is 17.7 Å². The first-order valence-electron chi connectivity index (χ1n) is 9.83. The molecule has 0 aliphatic rings. The second kappa shape index (κ2) is 8.35. The molecule has 1 N–H and O–H groups in total. The number of unbranched alkanes of at least 4 members (excludes halogenated alkanes) is 1. The minimum absolute atomic E-state index is 0.0829. The summed E-state index contributed by atoms with van der Waals surface area (Å²) < 4.78 is 7.75. The number of aromatic hydroxyl groups is 1.